The smallest absolute Gasteiger partial charge is 0.263 e. The van der Waals surface area contributed by atoms with Crippen molar-refractivity contribution in [2.75, 3.05) is 6.54 Å². The Morgan fingerprint density at radius 2 is 2.04 bits per heavy atom. The largest absolute Gasteiger partial charge is 0.478 e. The minimum absolute atomic E-state index is 0.146. The van der Waals surface area contributed by atoms with Gasteiger partial charge in [0.05, 0.1) is 5.69 Å². The van der Waals surface area contributed by atoms with Crippen LogP contribution in [0.3, 0.4) is 0 Å². The van der Waals surface area contributed by atoms with E-state index in [2.05, 4.69) is 41.3 Å². The van der Waals surface area contributed by atoms with Crippen molar-refractivity contribution in [3.05, 3.63) is 53.6 Å². The molecule has 0 unspecified atom stereocenters. The lowest BCUT2D eigenvalue weighted by Gasteiger charge is -2.27. The van der Waals surface area contributed by atoms with Crippen molar-refractivity contribution < 1.29 is 9.53 Å². The van der Waals surface area contributed by atoms with E-state index in [1.165, 1.54) is 0 Å². The van der Waals surface area contributed by atoms with Crippen LogP contribution in [-0.4, -0.2) is 28.0 Å². The summed E-state index contributed by atoms with van der Waals surface area (Å²) in [5, 5.41) is 2.92. The molecule has 0 fully saturated rings. The van der Waals surface area contributed by atoms with E-state index in [0.717, 1.165) is 22.6 Å². The molecule has 5 nitrogen and oxygen atoms in total. The lowest BCUT2D eigenvalue weighted by atomic mass is 10.00. The second-order valence-electron chi connectivity index (χ2n) is 7.01. The maximum atomic E-state index is 12.6. The molecule has 0 radical (unpaired) electrons. The van der Waals surface area contributed by atoms with Crippen LogP contribution in [0.5, 0.6) is 5.75 Å². The van der Waals surface area contributed by atoms with E-state index < -0.39 is 5.60 Å². The van der Waals surface area contributed by atoms with Gasteiger partial charge in [-0.05, 0) is 43.9 Å². The molecule has 1 aromatic carbocycles. The Morgan fingerprint density at radius 3 is 2.68 bits per heavy atom. The molecule has 1 heterocycles. The standard InChI is InChI=1S/C20H27N3O2/c1-14(2)17-7-6-15(3)12-18(17)25-20(4,5)19(24)23-9-8-16-13-21-10-11-22-16/h6-7,10-14H,8-9H2,1-5H3,(H,23,24). The van der Waals surface area contributed by atoms with Crippen molar-refractivity contribution in [1.29, 1.82) is 0 Å². The number of amides is 1. The molecule has 0 saturated carbocycles. The molecule has 134 valence electrons. The molecule has 25 heavy (non-hydrogen) atoms. The van der Waals surface area contributed by atoms with E-state index in [1.54, 1.807) is 32.4 Å². The SMILES string of the molecule is Cc1ccc(C(C)C)c(OC(C)(C)C(=O)NCCc2cnccn2)c1. The first kappa shape index (κ1) is 18.9. The van der Waals surface area contributed by atoms with Crippen molar-refractivity contribution >= 4 is 5.91 Å². The van der Waals surface area contributed by atoms with Crippen LogP contribution in [0.1, 0.15) is 50.4 Å². The summed E-state index contributed by atoms with van der Waals surface area (Å²) in [6.07, 6.45) is 5.62. The number of nitrogens with zero attached hydrogens (tertiary/aromatic N) is 2. The highest BCUT2D eigenvalue weighted by Crippen LogP contribution is 2.30. The lowest BCUT2D eigenvalue weighted by molar-refractivity contribution is -0.134. The van der Waals surface area contributed by atoms with Gasteiger partial charge in [0.25, 0.3) is 5.91 Å². The zero-order valence-corrected chi connectivity index (χ0v) is 15.7. The van der Waals surface area contributed by atoms with Gasteiger partial charge in [0, 0.05) is 31.6 Å². The Hall–Kier alpha value is -2.43. The summed E-state index contributed by atoms with van der Waals surface area (Å²) < 4.78 is 6.10. The average molecular weight is 341 g/mol. The molecular weight excluding hydrogens is 314 g/mol. The Balaban J connectivity index is 2.00. The van der Waals surface area contributed by atoms with Crippen molar-refractivity contribution in [2.24, 2.45) is 0 Å². The van der Waals surface area contributed by atoms with Gasteiger partial charge in [-0.3, -0.25) is 14.8 Å². The molecule has 5 heteroatoms. The molecule has 1 aromatic heterocycles. The van der Waals surface area contributed by atoms with Crippen molar-refractivity contribution in [1.82, 2.24) is 15.3 Å². The predicted octanol–water partition coefficient (Wildman–Crippen LogP) is 3.42. The molecule has 0 aliphatic carbocycles. The summed E-state index contributed by atoms with van der Waals surface area (Å²) in [7, 11) is 0. The number of aryl methyl sites for hydroxylation is 1. The van der Waals surface area contributed by atoms with E-state index in [4.69, 9.17) is 4.74 Å². The number of nitrogens with one attached hydrogen (secondary N) is 1. The highest BCUT2D eigenvalue weighted by Gasteiger charge is 2.30. The van der Waals surface area contributed by atoms with Crippen LogP contribution in [0.25, 0.3) is 0 Å². The monoisotopic (exact) mass is 341 g/mol. The fraction of sp³-hybridized carbons (Fsp3) is 0.450. The van der Waals surface area contributed by atoms with Gasteiger partial charge in [0.15, 0.2) is 5.60 Å². The molecule has 0 atom stereocenters. The van der Waals surface area contributed by atoms with Crippen LogP contribution in [0.2, 0.25) is 0 Å². The summed E-state index contributed by atoms with van der Waals surface area (Å²) in [4.78, 5) is 20.8. The maximum absolute atomic E-state index is 12.6. The molecular formula is C20H27N3O2. The number of rotatable bonds is 7. The maximum Gasteiger partial charge on any atom is 0.263 e. The summed E-state index contributed by atoms with van der Waals surface area (Å²) in [5.41, 5.74) is 2.10. The summed E-state index contributed by atoms with van der Waals surface area (Å²) in [5.74, 6) is 0.947. The lowest BCUT2D eigenvalue weighted by Crippen LogP contribution is -2.47. The first-order valence-corrected chi connectivity index (χ1v) is 8.62. The van der Waals surface area contributed by atoms with Gasteiger partial charge in [-0.2, -0.15) is 0 Å². The molecule has 1 N–H and O–H groups in total. The third-order valence-corrected chi connectivity index (χ3v) is 3.99. The van der Waals surface area contributed by atoms with Crippen LogP contribution in [0.15, 0.2) is 36.8 Å². The quantitative estimate of drug-likeness (QED) is 0.838. The van der Waals surface area contributed by atoms with Crippen LogP contribution < -0.4 is 10.1 Å². The Labute approximate surface area is 149 Å². The number of carbonyl (C=O) groups excluding carboxylic acids is 1. The topological polar surface area (TPSA) is 64.1 Å². The van der Waals surface area contributed by atoms with Gasteiger partial charge in [-0.15, -0.1) is 0 Å². The number of benzene rings is 1. The fourth-order valence-electron chi connectivity index (χ4n) is 2.50. The zero-order valence-electron chi connectivity index (χ0n) is 15.7. The number of ether oxygens (including phenoxy) is 1. The van der Waals surface area contributed by atoms with Crippen LogP contribution in [0.4, 0.5) is 0 Å². The van der Waals surface area contributed by atoms with E-state index >= 15 is 0 Å². The third-order valence-electron chi connectivity index (χ3n) is 3.99. The second-order valence-corrected chi connectivity index (χ2v) is 7.01. The van der Waals surface area contributed by atoms with Gasteiger partial charge >= 0.3 is 0 Å². The van der Waals surface area contributed by atoms with Crippen LogP contribution in [-0.2, 0) is 11.2 Å². The number of aromatic nitrogens is 2. The van der Waals surface area contributed by atoms with Gasteiger partial charge in [-0.1, -0.05) is 26.0 Å². The molecule has 0 bridgehead atoms. The predicted molar refractivity (Wildman–Crippen MR) is 98.7 cm³/mol. The van der Waals surface area contributed by atoms with Crippen LogP contribution in [0, 0.1) is 6.92 Å². The van der Waals surface area contributed by atoms with E-state index in [1.807, 2.05) is 13.0 Å². The molecule has 0 aliphatic heterocycles. The Morgan fingerprint density at radius 1 is 1.28 bits per heavy atom. The molecule has 1 amide bonds. The minimum atomic E-state index is -0.959. The van der Waals surface area contributed by atoms with Crippen molar-refractivity contribution in [2.45, 2.75) is 52.6 Å². The fourth-order valence-corrected chi connectivity index (χ4v) is 2.50. The van der Waals surface area contributed by atoms with Gasteiger partial charge in [0.2, 0.25) is 0 Å². The first-order valence-electron chi connectivity index (χ1n) is 8.62. The highest BCUT2D eigenvalue weighted by atomic mass is 16.5. The molecule has 0 spiro atoms. The zero-order chi connectivity index (χ0) is 18.4. The Kier molecular flexibility index (Phi) is 6.12. The molecule has 2 aromatic rings. The summed E-state index contributed by atoms with van der Waals surface area (Å²) in [6.45, 7) is 10.3. The first-order chi connectivity index (χ1) is 11.8. The number of carbonyl (C=O) groups is 1. The van der Waals surface area contributed by atoms with Gasteiger partial charge in [-0.25, -0.2) is 0 Å². The summed E-state index contributed by atoms with van der Waals surface area (Å²) in [6, 6.07) is 6.12. The molecule has 0 aliphatic rings. The summed E-state index contributed by atoms with van der Waals surface area (Å²) >= 11 is 0. The highest BCUT2D eigenvalue weighted by molar-refractivity contribution is 5.84. The molecule has 2 rings (SSSR count). The van der Waals surface area contributed by atoms with Gasteiger partial charge < -0.3 is 10.1 Å². The van der Waals surface area contributed by atoms with E-state index in [0.29, 0.717) is 18.9 Å². The third kappa shape index (κ3) is 5.28. The normalized spacial score (nSPS) is 11.4. The Bertz CT molecular complexity index is 712. The average Bonchev–Trinajstić information content (AvgIpc) is 2.55. The van der Waals surface area contributed by atoms with E-state index in [-0.39, 0.29) is 5.91 Å². The second kappa shape index (κ2) is 8.10. The van der Waals surface area contributed by atoms with E-state index in [9.17, 15) is 4.79 Å². The van der Waals surface area contributed by atoms with Gasteiger partial charge in [0.1, 0.15) is 5.75 Å². The van der Waals surface area contributed by atoms with Crippen molar-refractivity contribution in [3.8, 4) is 5.75 Å². The number of hydrogen-bond acceptors (Lipinski definition) is 4. The minimum Gasteiger partial charge on any atom is -0.478 e. The van der Waals surface area contributed by atoms with Crippen molar-refractivity contribution in [3.63, 3.8) is 0 Å². The molecule has 0 saturated heterocycles. The van der Waals surface area contributed by atoms with Crippen LogP contribution >= 0.6 is 0 Å². The number of hydrogen-bond donors (Lipinski definition) is 1.